The van der Waals surface area contributed by atoms with Gasteiger partial charge in [-0.15, -0.1) is 0 Å². The Labute approximate surface area is 206 Å². The third-order valence-electron chi connectivity index (χ3n) is 5.87. The first-order valence-electron chi connectivity index (χ1n) is 10.6. The van der Waals surface area contributed by atoms with Crippen LogP contribution in [0.3, 0.4) is 0 Å². The summed E-state index contributed by atoms with van der Waals surface area (Å²) in [5.41, 5.74) is 7.20. The van der Waals surface area contributed by atoms with Crippen LogP contribution in [0, 0.1) is 10.8 Å². The van der Waals surface area contributed by atoms with Crippen LogP contribution in [0.2, 0.25) is 0 Å². The summed E-state index contributed by atoms with van der Waals surface area (Å²) >= 11 is 0. The molecule has 0 aliphatic carbocycles. The maximum Gasteiger partial charge on any atom is 0.317 e. The molecule has 0 heterocycles. The number of hydrogen-bond donors (Lipinski definition) is 6. The van der Waals surface area contributed by atoms with Gasteiger partial charge in [0.1, 0.15) is 16.9 Å². The smallest absolute Gasteiger partial charge is 0.317 e. The zero-order valence-corrected chi connectivity index (χ0v) is 19.6. The van der Waals surface area contributed by atoms with E-state index in [0.717, 1.165) is 13.8 Å². The lowest BCUT2D eigenvalue weighted by molar-refractivity contribution is -0.271. The highest BCUT2D eigenvalue weighted by atomic mass is 16.7. The van der Waals surface area contributed by atoms with E-state index in [0.29, 0.717) is 0 Å². The molecule has 2 rings (SSSR count). The molecule has 0 fully saturated rings. The highest BCUT2D eigenvalue weighted by molar-refractivity contribution is 5.80. The van der Waals surface area contributed by atoms with E-state index < -0.39 is 59.8 Å². The predicted octanol–water partition coefficient (Wildman–Crippen LogP) is 2.53. The molecule has 0 saturated carbocycles. The highest BCUT2D eigenvalue weighted by Gasteiger charge is 2.69. The standard InChI is InChI=1S/C24H28N2O10/c1-22(2,21(33)34)24(35-16-9-5-3-7-14(16)25,36-17-10-6-4-8-15(17)26)23(11-18(27)28,12-19(29)30)13-20(31)32/h3-10H,11-13,25-26H2,1-2H3,(H,27,28)(H,29,30)(H,31,32)(H,33,34). The van der Waals surface area contributed by atoms with Crippen molar-refractivity contribution in [1.29, 1.82) is 0 Å². The van der Waals surface area contributed by atoms with Gasteiger partial charge in [0.25, 0.3) is 5.79 Å². The van der Waals surface area contributed by atoms with Crippen molar-refractivity contribution in [3.63, 3.8) is 0 Å². The Kier molecular flexibility index (Phi) is 8.04. The van der Waals surface area contributed by atoms with Crippen LogP contribution in [0.4, 0.5) is 11.4 Å². The zero-order chi connectivity index (χ0) is 27.3. The minimum Gasteiger partial charge on any atom is -0.481 e. The Morgan fingerprint density at radius 1 is 0.694 bits per heavy atom. The number of carboxylic acids is 4. The number of para-hydroxylation sites is 4. The minimum atomic E-state index is -2.79. The molecule has 0 atom stereocenters. The van der Waals surface area contributed by atoms with E-state index in [-0.39, 0.29) is 22.9 Å². The van der Waals surface area contributed by atoms with E-state index >= 15 is 0 Å². The fourth-order valence-corrected chi connectivity index (χ4v) is 4.16. The summed E-state index contributed by atoms with van der Waals surface area (Å²) in [5.74, 6) is -9.60. The first-order chi connectivity index (χ1) is 16.7. The normalized spacial score (nSPS) is 11.9. The van der Waals surface area contributed by atoms with Crippen molar-refractivity contribution in [2.45, 2.75) is 38.9 Å². The number of nitrogens with two attached hydrogens (primary N) is 2. The summed E-state index contributed by atoms with van der Waals surface area (Å²) in [4.78, 5) is 48.9. The average molecular weight is 504 g/mol. The average Bonchev–Trinajstić information content (AvgIpc) is 2.74. The van der Waals surface area contributed by atoms with E-state index in [9.17, 15) is 39.6 Å². The molecule has 2 aromatic carbocycles. The van der Waals surface area contributed by atoms with Gasteiger partial charge in [0.2, 0.25) is 0 Å². The third-order valence-corrected chi connectivity index (χ3v) is 5.87. The molecule has 0 bridgehead atoms. The summed E-state index contributed by atoms with van der Waals surface area (Å²) in [6, 6.07) is 11.5. The van der Waals surface area contributed by atoms with Crippen LogP contribution in [0.1, 0.15) is 33.1 Å². The topological polar surface area (TPSA) is 220 Å². The lowest BCUT2D eigenvalue weighted by atomic mass is 9.61. The van der Waals surface area contributed by atoms with Crippen LogP contribution in [-0.4, -0.2) is 50.1 Å². The lowest BCUT2D eigenvalue weighted by Gasteiger charge is -2.53. The van der Waals surface area contributed by atoms with E-state index in [1.165, 1.54) is 36.4 Å². The van der Waals surface area contributed by atoms with Gasteiger partial charge in [-0.1, -0.05) is 24.3 Å². The molecule has 12 heteroatoms. The molecule has 8 N–H and O–H groups in total. The van der Waals surface area contributed by atoms with Crippen molar-refractivity contribution >= 4 is 35.3 Å². The second-order valence-corrected chi connectivity index (χ2v) is 8.82. The number of aliphatic carboxylic acids is 4. The Morgan fingerprint density at radius 2 is 1.03 bits per heavy atom. The summed E-state index contributed by atoms with van der Waals surface area (Å²) in [6.07, 6.45) is -3.45. The van der Waals surface area contributed by atoms with Crippen LogP contribution < -0.4 is 20.9 Å². The monoisotopic (exact) mass is 504 g/mol. The Bertz CT molecular complexity index is 1070. The molecule has 0 radical (unpaired) electrons. The minimum absolute atomic E-state index is 0.0254. The van der Waals surface area contributed by atoms with Crippen molar-refractivity contribution in [2.75, 3.05) is 11.5 Å². The zero-order valence-electron chi connectivity index (χ0n) is 19.6. The number of anilines is 2. The van der Waals surface area contributed by atoms with Crippen LogP contribution >= 0.6 is 0 Å². The molecule has 12 nitrogen and oxygen atoms in total. The second-order valence-electron chi connectivity index (χ2n) is 8.82. The van der Waals surface area contributed by atoms with Gasteiger partial charge in [0.15, 0.2) is 0 Å². The molecule has 0 aliphatic rings. The van der Waals surface area contributed by atoms with E-state index in [2.05, 4.69) is 0 Å². The highest BCUT2D eigenvalue weighted by Crippen LogP contribution is 2.55. The van der Waals surface area contributed by atoms with Gasteiger partial charge in [-0.05, 0) is 38.1 Å². The maximum atomic E-state index is 12.7. The maximum absolute atomic E-state index is 12.7. The number of nitrogen functional groups attached to an aromatic ring is 2. The largest absolute Gasteiger partial charge is 0.481 e. The van der Waals surface area contributed by atoms with Gasteiger partial charge in [0, 0.05) is 0 Å². The van der Waals surface area contributed by atoms with Crippen molar-refractivity contribution in [3.8, 4) is 11.5 Å². The molecular formula is C24H28N2O10. The summed E-state index contributed by atoms with van der Waals surface area (Å²) in [7, 11) is 0. The number of carboxylic acid groups (broad SMARTS) is 4. The number of benzene rings is 2. The molecule has 0 spiro atoms. The summed E-state index contributed by atoms with van der Waals surface area (Å²) in [5, 5.41) is 39.6. The Morgan fingerprint density at radius 3 is 1.31 bits per heavy atom. The van der Waals surface area contributed by atoms with Crippen molar-refractivity contribution in [2.24, 2.45) is 10.8 Å². The molecule has 194 valence electrons. The van der Waals surface area contributed by atoms with E-state index in [1.54, 1.807) is 12.1 Å². The molecule has 0 amide bonds. The molecule has 0 aromatic heterocycles. The number of carbonyl (C=O) groups is 4. The fourth-order valence-electron chi connectivity index (χ4n) is 4.16. The summed E-state index contributed by atoms with van der Waals surface area (Å²) < 4.78 is 12.2. The number of hydrogen-bond acceptors (Lipinski definition) is 8. The van der Waals surface area contributed by atoms with Crippen LogP contribution in [0.15, 0.2) is 48.5 Å². The third kappa shape index (κ3) is 5.43. The first kappa shape index (κ1) is 27.8. The molecule has 0 aliphatic heterocycles. The van der Waals surface area contributed by atoms with Gasteiger partial charge in [-0.25, -0.2) is 0 Å². The van der Waals surface area contributed by atoms with Crippen LogP contribution in [0.25, 0.3) is 0 Å². The van der Waals surface area contributed by atoms with Gasteiger partial charge in [-0.3, -0.25) is 19.2 Å². The Hall–Kier alpha value is -4.48. The second kappa shape index (κ2) is 10.4. The molecule has 36 heavy (non-hydrogen) atoms. The van der Waals surface area contributed by atoms with Crippen molar-refractivity contribution in [3.05, 3.63) is 48.5 Å². The number of ether oxygens (including phenoxy) is 2. The van der Waals surface area contributed by atoms with Gasteiger partial charge < -0.3 is 41.4 Å². The summed E-state index contributed by atoms with van der Waals surface area (Å²) in [6.45, 7) is 2.21. The Balaban J connectivity index is 3.10. The quantitative estimate of drug-likeness (QED) is 0.171. The van der Waals surface area contributed by atoms with Gasteiger partial charge in [-0.2, -0.15) is 0 Å². The molecule has 0 unspecified atom stereocenters. The van der Waals surface area contributed by atoms with E-state index in [4.69, 9.17) is 20.9 Å². The fraction of sp³-hybridized carbons (Fsp3) is 0.333. The lowest BCUT2D eigenvalue weighted by Crippen LogP contribution is -2.69. The van der Waals surface area contributed by atoms with E-state index in [1.807, 2.05) is 0 Å². The van der Waals surface area contributed by atoms with Crippen LogP contribution in [0.5, 0.6) is 11.5 Å². The van der Waals surface area contributed by atoms with Gasteiger partial charge in [0.05, 0.1) is 36.1 Å². The van der Waals surface area contributed by atoms with Gasteiger partial charge >= 0.3 is 23.9 Å². The van der Waals surface area contributed by atoms with Crippen molar-refractivity contribution < 1.29 is 49.1 Å². The predicted molar refractivity (Wildman–Crippen MR) is 126 cm³/mol. The molecule has 2 aromatic rings. The van der Waals surface area contributed by atoms with Crippen LogP contribution in [-0.2, 0) is 19.2 Å². The first-order valence-corrected chi connectivity index (χ1v) is 10.6. The van der Waals surface area contributed by atoms with Crippen molar-refractivity contribution in [1.82, 2.24) is 0 Å². The molecular weight excluding hydrogens is 476 g/mol. The number of rotatable bonds is 13. The molecule has 0 saturated heterocycles. The SMILES string of the molecule is CC(C)(C(=O)O)C(Oc1ccccc1N)(Oc1ccccc1N)C(CC(=O)O)(CC(=O)O)CC(=O)O.